The molecule has 3 aromatic carbocycles. The van der Waals surface area contributed by atoms with Gasteiger partial charge < -0.3 is 18.9 Å². The molecular formula is C23H13Br5N2O6. The molecule has 0 aromatic heterocycles. The molecule has 0 saturated heterocycles. The third kappa shape index (κ3) is 6.68. The molecule has 1 amide bonds. The van der Waals surface area contributed by atoms with Crippen molar-refractivity contribution in [3.05, 3.63) is 76.0 Å². The normalized spacial score (nSPS) is 12.0. The molecule has 0 fully saturated rings. The lowest BCUT2D eigenvalue weighted by Crippen LogP contribution is -2.24. The zero-order valence-corrected chi connectivity index (χ0v) is 25.7. The second-order valence-corrected chi connectivity index (χ2v) is 11.4. The number of nitrogens with zero attached hydrogens (tertiary/aromatic N) is 1. The molecule has 1 heterocycles. The van der Waals surface area contributed by atoms with Crippen molar-refractivity contribution in [3.63, 3.8) is 0 Å². The Morgan fingerprint density at radius 2 is 1.53 bits per heavy atom. The summed E-state index contributed by atoms with van der Waals surface area (Å²) < 4.78 is 25.2. The topological polar surface area (TPSA) is 95.5 Å². The molecule has 0 unspecified atom stereocenters. The van der Waals surface area contributed by atoms with E-state index in [9.17, 15) is 9.59 Å². The third-order valence-electron chi connectivity index (χ3n) is 4.54. The van der Waals surface area contributed by atoms with E-state index in [1.54, 1.807) is 42.5 Å². The average molecular weight is 813 g/mol. The molecule has 13 heteroatoms. The maximum absolute atomic E-state index is 12.8. The van der Waals surface area contributed by atoms with Gasteiger partial charge in [-0.15, -0.1) is 0 Å². The summed E-state index contributed by atoms with van der Waals surface area (Å²) in [6.07, 6.45) is 1.36. The minimum absolute atomic E-state index is 0.0984. The molecule has 186 valence electrons. The van der Waals surface area contributed by atoms with E-state index in [2.05, 4.69) is 90.2 Å². The van der Waals surface area contributed by atoms with Gasteiger partial charge in [-0.05, 0) is 90.3 Å². The Labute approximate surface area is 247 Å². The number of amides is 1. The van der Waals surface area contributed by atoms with Crippen LogP contribution in [0, 0.1) is 0 Å². The van der Waals surface area contributed by atoms with E-state index < -0.39 is 11.9 Å². The highest BCUT2D eigenvalue weighted by Crippen LogP contribution is 2.37. The lowest BCUT2D eigenvalue weighted by atomic mass is 10.2. The van der Waals surface area contributed by atoms with Crippen LogP contribution in [0.25, 0.3) is 0 Å². The van der Waals surface area contributed by atoms with Crippen molar-refractivity contribution in [2.24, 2.45) is 5.10 Å². The summed E-state index contributed by atoms with van der Waals surface area (Å²) in [6.45, 7) is -0.175. The molecular weight excluding hydrogens is 800 g/mol. The Hall–Kier alpha value is -1.93. The standard InChI is InChI=1S/C23H13Br5N2O6/c24-13-3-12(8-29-30-20(31)9-33-22-16(27)6-14(25)7-17(22)28)21(15(26)5-13)36-23(32)11-1-2-18-19(4-11)35-10-34-18/h1-8H,9-10H2,(H,30,31)/b29-8-. The van der Waals surface area contributed by atoms with Crippen LogP contribution in [0.1, 0.15) is 15.9 Å². The second kappa shape index (κ2) is 12.1. The Kier molecular flexibility index (Phi) is 9.10. The number of nitrogens with one attached hydrogen (secondary N) is 1. The lowest BCUT2D eigenvalue weighted by Gasteiger charge is -2.11. The van der Waals surface area contributed by atoms with Gasteiger partial charge in [-0.2, -0.15) is 5.10 Å². The number of carbonyl (C=O) groups excluding carboxylic acids is 2. The number of halogens is 5. The largest absolute Gasteiger partial charge is 0.481 e. The summed E-state index contributed by atoms with van der Waals surface area (Å²) in [7, 11) is 0. The van der Waals surface area contributed by atoms with Crippen LogP contribution in [-0.4, -0.2) is 31.5 Å². The Morgan fingerprint density at radius 1 is 0.889 bits per heavy atom. The minimum Gasteiger partial charge on any atom is -0.481 e. The van der Waals surface area contributed by atoms with E-state index >= 15 is 0 Å². The highest BCUT2D eigenvalue weighted by atomic mass is 79.9. The molecule has 4 rings (SSSR count). The summed E-state index contributed by atoms with van der Waals surface area (Å²) >= 11 is 17.0. The van der Waals surface area contributed by atoms with E-state index in [0.717, 1.165) is 4.47 Å². The molecule has 8 nitrogen and oxygen atoms in total. The fourth-order valence-corrected chi connectivity index (χ4v) is 6.80. The van der Waals surface area contributed by atoms with Crippen LogP contribution in [0.2, 0.25) is 0 Å². The van der Waals surface area contributed by atoms with Gasteiger partial charge in [-0.25, -0.2) is 10.2 Å². The Morgan fingerprint density at radius 3 is 2.25 bits per heavy atom. The van der Waals surface area contributed by atoms with Crippen LogP contribution >= 0.6 is 79.6 Å². The number of fused-ring (bicyclic) bond motifs is 1. The third-order valence-corrected chi connectivity index (χ3v) is 7.23. The molecule has 3 aromatic rings. The number of ether oxygens (including phenoxy) is 4. The lowest BCUT2D eigenvalue weighted by molar-refractivity contribution is -0.123. The molecule has 0 aliphatic carbocycles. The summed E-state index contributed by atoms with van der Waals surface area (Å²) in [4.78, 5) is 25.0. The average Bonchev–Trinajstić information content (AvgIpc) is 3.28. The number of carbonyl (C=O) groups is 2. The van der Waals surface area contributed by atoms with Gasteiger partial charge in [0.15, 0.2) is 23.9 Å². The summed E-state index contributed by atoms with van der Waals surface area (Å²) in [6, 6.07) is 11.8. The van der Waals surface area contributed by atoms with Crippen molar-refractivity contribution in [2.45, 2.75) is 0 Å². The van der Waals surface area contributed by atoms with E-state index in [0.29, 0.717) is 40.7 Å². The zero-order chi connectivity index (χ0) is 25.8. The fourth-order valence-electron chi connectivity index (χ4n) is 2.97. The molecule has 0 saturated carbocycles. The van der Waals surface area contributed by atoms with E-state index in [-0.39, 0.29) is 24.7 Å². The monoisotopic (exact) mass is 808 g/mol. The summed E-state index contributed by atoms with van der Waals surface area (Å²) in [5.41, 5.74) is 3.12. The second-order valence-electron chi connectivity index (χ2n) is 7.04. The smallest absolute Gasteiger partial charge is 0.343 e. The van der Waals surface area contributed by atoms with Crippen LogP contribution in [0.15, 0.2) is 69.9 Å². The van der Waals surface area contributed by atoms with Gasteiger partial charge in [-0.3, -0.25) is 4.79 Å². The SMILES string of the molecule is O=C(COc1c(Br)cc(Br)cc1Br)N/N=C\c1cc(Br)cc(Br)c1OC(=O)c1ccc2c(c1)OCO2. The number of rotatable bonds is 7. The van der Waals surface area contributed by atoms with Gasteiger partial charge in [-0.1, -0.05) is 31.9 Å². The summed E-state index contributed by atoms with van der Waals surface area (Å²) in [5.74, 6) is 0.635. The number of hydrogen-bond acceptors (Lipinski definition) is 7. The highest BCUT2D eigenvalue weighted by Gasteiger charge is 2.20. The molecule has 1 aliphatic heterocycles. The van der Waals surface area contributed by atoms with Crippen molar-refractivity contribution < 1.29 is 28.5 Å². The first-order chi connectivity index (χ1) is 17.2. The van der Waals surface area contributed by atoms with Crippen molar-refractivity contribution in [1.82, 2.24) is 5.43 Å². The van der Waals surface area contributed by atoms with Crippen LogP contribution < -0.4 is 24.4 Å². The van der Waals surface area contributed by atoms with Crippen LogP contribution in [0.5, 0.6) is 23.0 Å². The van der Waals surface area contributed by atoms with Crippen LogP contribution in [0.4, 0.5) is 0 Å². The zero-order valence-electron chi connectivity index (χ0n) is 17.8. The maximum atomic E-state index is 12.8. The number of benzene rings is 3. The van der Waals surface area contributed by atoms with Gasteiger partial charge >= 0.3 is 5.97 Å². The highest BCUT2D eigenvalue weighted by molar-refractivity contribution is 9.12. The molecule has 1 aliphatic rings. The van der Waals surface area contributed by atoms with Gasteiger partial charge in [0.05, 0.1) is 25.2 Å². The predicted octanol–water partition coefficient (Wildman–Crippen LogP) is 6.98. The van der Waals surface area contributed by atoms with Crippen molar-refractivity contribution in [1.29, 1.82) is 0 Å². The van der Waals surface area contributed by atoms with Gasteiger partial charge in [0.25, 0.3) is 5.91 Å². The maximum Gasteiger partial charge on any atom is 0.343 e. The van der Waals surface area contributed by atoms with Gasteiger partial charge in [0, 0.05) is 14.5 Å². The van der Waals surface area contributed by atoms with E-state index in [1.807, 2.05) is 0 Å². The summed E-state index contributed by atoms with van der Waals surface area (Å²) in [5, 5.41) is 3.98. The molecule has 36 heavy (non-hydrogen) atoms. The molecule has 0 spiro atoms. The van der Waals surface area contributed by atoms with E-state index in [4.69, 9.17) is 18.9 Å². The number of hydrazone groups is 1. The van der Waals surface area contributed by atoms with Crippen molar-refractivity contribution in [2.75, 3.05) is 13.4 Å². The molecule has 0 bridgehead atoms. The van der Waals surface area contributed by atoms with Gasteiger partial charge in [0.2, 0.25) is 6.79 Å². The Balaban J connectivity index is 1.43. The fraction of sp³-hybridized carbons (Fsp3) is 0.0870. The first kappa shape index (κ1) is 27.1. The van der Waals surface area contributed by atoms with E-state index in [1.165, 1.54) is 6.21 Å². The predicted molar refractivity (Wildman–Crippen MR) is 150 cm³/mol. The molecule has 1 N–H and O–H groups in total. The first-order valence-electron chi connectivity index (χ1n) is 9.91. The van der Waals surface area contributed by atoms with Crippen molar-refractivity contribution in [3.8, 4) is 23.0 Å². The first-order valence-corrected chi connectivity index (χ1v) is 13.9. The minimum atomic E-state index is -0.603. The van der Waals surface area contributed by atoms with Crippen LogP contribution in [0.3, 0.4) is 0 Å². The number of esters is 1. The van der Waals surface area contributed by atoms with Crippen LogP contribution in [-0.2, 0) is 4.79 Å². The quantitative estimate of drug-likeness (QED) is 0.120. The Bertz CT molecular complexity index is 1360. The molecule has 0 atom stereocenters. The molecule has 0 radical (unpaired) electrons. The number of hydrogen-bond donors (Lipinski definition) is 1. The van der Waals surface area contributed by atoms with Gasteiger partial charge in [0.1, 0.15) is 5.75 Å². The van der Waals surface area contributed by atoms with Crippen molar-refractivity contribution >= 4 is 97.7 Å².